The number of nitrogens with zero attached hydrogens (tertiary/aromatic N) is 1. The topological polar surface area (TPSA) is 128 Å². The average molecular weight is 402 g/mol. The van der Waals surface area contributed by atoms with Crippen molar-refractivity contribution in [2.24, 2.45) is 0 Å². The smallest absolute Gasteiger partial charge is 0.419 e. The van der Waals surface area contributed by atoms with E-state index >= 15 is 0 Å². The molecular formula is C16H19FN2O7S. The molecule has 27 heavy (non-hydrogen) atoms. The van der Waals surface area contributed by atoms with Crippen LogP contribution in [-0.2, 0) is 21.2 Å². The Balaban J connectivity index is 2.32. The Labute approximate surface area is 154 Å². The van der Waals surface area contributed by atoms with Gasteiger partial charge in [0.25, 0.3) is 5.91 Å². The van der Waals surface area contributed by atoms with Gasteiger partial charge in [-0.25, -0.2) is 23.1 Å². The Hall–Kier alpha value is -2.66. The summed E-state index contributed by atoms with van der Waals surface area (Å²) in [6, 6.07) is 3.98. The number of carbonyl (C=O) groups is 1. The standard InChI is InChI=1S/C16H19FN2O7S/c1-16(14(20)18-22,27(3,23)24)6-7-19-9-13(26-15(19)21)11-5-4-10(25-2)8-12(11)17/h4-5,8-9,22H,6-7H2,1-3H3,(H,18,20)/t16-/m1/s1. The number of sulfone groups is 1. The number of hydroxylamine groups is 1. The van der Waals surface area contributed by atoms with E-state index in [2.05, 4.69) is 0 Å². The van der Waals surface area contributed by atoms with E-state index in [-0.39, 0.29) is 30.0 Å². The third-order valence-electron chi connectivity index (χ3n) is 4.38. The highest BCUT2D eigenvalue weighted by atomic mass is 32.2. The number of benzene rings is 1. The van der Waals surface area contributed by atoms with Gasteiger partial charge < -0.3 is 9.15 Å². The predicted molar refractivity (Wildman–Crippen MR) is 92.7 cm³/mol. The van der Waals surface area contributed by atoms with Crippen LogP contribution >= 0.6 is 0 Å². The van der Waals surface area contributed by atoms with Gasteiger partial charge in [-0.2, -0.15) is 0 Å². The first kappa shape index (κ1) is 20.6. The molecule has 11 heteroatoms. The zero-order chi connectivity index (χ0) is 20.4. The number of aromatic nitrogens is 1. The summed E-state index contributed by atoms with van der Waals surface area (Å²) in [7, 11) is -2.53. The predicted octanol–water partition coefficient (Wildman–Crippen LogP) is 0.955. The van der Waals surface area contributed by atoms with Crippen molar-refractivity contribution in [2.75, 3.05) is 13.4 Å². The Bertz CT molecular complexity index is 1010. The molecule has 0 spiro atoms. The van der Waals surface area contributed by atoms with E-state index in [0.717, 1.165) is 23.8 Å². The molecule has 0 aliphatic heterocycles. The maximum absolute atomic E-state index is 14.1. The fourth-order valence-corrected chi connectivity index (χ4v) is 3.24. The molecule has 9 nitrogen and oxygen atoms in total. The lowest BCUT2D eigenvalue weighted by Gasteiger charge is -2.24. The zero-order valence-corrected chi connectivity index (χ0v) is 15.7. The number of halogens is 1. The van der Waals surface area contributed by atoms with E-state index in [0.29, 0.717) is 0 Å². The number of carbonyl (C=O) groups excluding carboxylic acids is 1. The van der Waals surface area contributed by atoms with Crippen LogP contribution in [0.1, 0.15) is 13.3 Å². The van der Waals surface area contributed by atoms with Gasteiger partial charge in [0.15, 0.2) is 20.3 Å². The molecule has 2 aromatic rings. The van der Waals surface area contributed by atoms with E-state index in [1.807, 2.05) is 0 Å². The molecule has 1 atom stereocenters. The first-order valence-corrected chi connectivity index (χ1v) is 9.61. The highest BCUT2D eigenvalue weighted by Crippen LogP contribution is 2.26. The number of methoxy groups -OCH3 is 1. The number of ether oxygens (including phenoxy) is 1. The fraction of sp³-hybridized carbons (Fsp3) is 0.375. The summed E-state index contributed by atoms with van der Waals surface area (Å²) >= 11 is 0. The fourth-order valence-electron chi connectivity index (χ4n) is 2.40. The molecule has 148 valence electrons. The maximum atomic E-state index is 14.1. The van der Waals surface area contributed by atoms with Gasteiger partial charge in [-0.15, -0.1) is 0 Å². The van der Waals surface area contributed by atoms with Gasteiger partial charge in [0, 0.05) is 18.9 Å². The summed E-state index contributed by atoms with van der Waals surface area (Å²) in [4.78, 5) is 23.8. The van der Waals surface area contributed by atoms with Gasteiger partial charge >= 0.3 is 5.76 Å². The molecule has 0 saturated heterocycles. The number of nitrogens with one attached hydrogen (secondary N) is 1. The summed E-state index contributed by atoms with van der Waals surface area (Å²) in [5.74, 6) is -2.41. The third-order valence-corrected chi connectivity index (χ3v) is 6.40. The minimum atomic E-state index is -3.91. The molecular weight excluding hydrogens is 383 g/mol. The van der Waals surface area contributed by atoms with E-state index < -0.39 is 32.1 Å². The minimum Gasteiger partial charge on any atom is -0.497 e. The molecule has 1 amide bonds. The van der Waals surface area contributed by atoms with Crippen LogP contribution in [0.3, 0.4) is 0 Å². The molecule has 0 unspecified atom stereocenters. The van der Waals surface area contributed by atoms with Crippen molar-refractivity contribution < 1.29 is 32.0 Å². The molecule has 0 radical (unpaired) electrons. The van der Waals surface area contributed by atoms with E-state index in [4.69, 9.17) is 14.4 Å². The maximum Gasteiger partial charge on any atom is 0.419 e. The van der Waals surface area contributed by atoms with Crippen molar-refractivity contribution in [1.29, 1.82) is 0 Å². The van der Waals surface area contributed by atoms with Crippen LogP contribution in [0.15, 0.2) is 33.6 Å². The molecule has 2 N–H and O–H groups in total. The monoisotopic (exact) mass is 402 g/mol. The first-order chi connectivity index (χ1) is 12.5. The van der Waals surface area contributed by atoms with Crippen LogP contribution in [0.25, 0.3) is 11.3 Å². The Morgan fingerprint density at radius 2 is 2.11 bits per heavy atom. The number of oxazole rings is 1. The molecule has 0 saturated carbocycles. The van der Waals surface area contributed by atoms with Crippen molar-refractivity contribution in [1.82, 2.24) is 10.0 Å². The van der Waals surface area contributed by atoms with Crippen LogP contribution in [0.5, 0.6) is 5.75 Å². The molecule has 0 aliphatic carbocycles. The molecule has 0 aliphatic rings. The van der Waals surface area contributed by atoms with Gasteiger partial charge in [0.05, 0.1) is 18.9 Å². The van der Waals surface area contributed by atoms with Crippen molar-refractivity contribution in [3.8, 4) is 17.1 Å². The van der Waals surface area contributed by atoms with Gasteiger partial charge in [-0.1, -0.05) is 0 Å². The third kappa shape index (κ3) is 4.03. The number of hydrogen-bond acceptors (Lipinski definition) is 7. The van der Waals surface area contributed by atoms with E-state index in [9.17, 15) is 22.4 Å². The lowest BCUT2D eigenvalue weighted by Crippen LogP contribution is -2.49. The summed E-state index contributed by atoms with van der Waals surface area (Å²) in [6.07, 6.45) is 1.74. The van der Waals surface area contributed by atoms with Crippen LogP contribution in [0, 0.1) is 5.82 Å². The molecule has 0 bridgehead atoms. The molecule has 2 rings (SSSR count). The summed E-state index contributed by atoms with van der Waals surface area (Å²) in [6.45, 7) is 0.917. The molecule has 0 fully saturated rings. The molecule has 1 aromatic heterocycles. The van der Waals surface area contributed by atoms with E-state index in [1.54, 1.807) is 0 Å². The van der Waals surface area contributed by atoms with Crippen molar-refractivity contribution >= 4 is 15.7 Å². The molecule has 1 aromatic carbocycles. The van der Waals surface area contributed by atoms with Gasteiger partial charge in [0.1, 0.15) is 11.6 Å². The Morgan fingerprint density at radius 1 is 1.44 bits per heavy atom. The average Bonchev–Trinajstić information content (AvgIpc) is 2.98. The van der Waals surface area contributed by atoms with Gasteiger partial charge in [-0.3, -0.25) is 14.6 Å². The SMILES string of the molecule is COc1ccc(-c2cn(CC[C@](C)(C(=O)NO)S(C)(=O)=O)c(=O)o2)c(F)c1. The second-order valence-electron chi connectivity index (χ2n) is 6.09. The summed E-state index contributed by atoms with van der Waals surface area (Å²) in [5, 5.41) is 8.81. The highest BCUT2D eigenvalue weighted by molar-refractivity contribution is 7.92. The quantitative estimate of drug-likeness (QED) is 0.521. The van der Waals surface area contributed by atoms with Crippen LogP contribution in [0.2, 0.25) is 0 Å². The second-order valence-corrected chi connectivity index (χ2v) is 8.54. The van der Waals surface area contributed by atoms with Crippen molar-refractivity contribution in [3.05, 3.63) is 40.8 Å². The van der Waals surface area contributed by atoms with E-state index in [1.165, 1.54) is 30.9 Å². The zero-order valence-electron chi connectivity index (χ0n) is 14.9. The van der Waals surface area contributed by atoms with Crippen molar-refractivity contribution in [2.45, 2.75) is 24.6 Å². The number of rotatable bonds is 7. The minimum absolute atomic E-state index is 0.0191. The van der Waals surface area contributed by atoms with Crippen LogP contribution in [0.4, 0.5) is 4.39 Å². The summed E-state index contributed by atoms with van der Waals surface area (Å²) in [5.41, 5.74) is 1.34. The number of aryl methyl sites for hydroxylation is 1. The van der Waals surface area contributed by atoms with Crippen LogP contribution in [-0.4, -0.2) is 42.2 Å². The Morgan fingerprint density at radius 3 is 2.63 bits per heavy atom. The van der Waals surface area contributed by atoms with Crippen LogP contribution < -0.4 is 16.0 Å². The number of amides is 1. The largest absolute Gasteiger partial charge is 0.497 e. The van der Waals surface area contributed by atoms with Crippen molar-refractivity contribution in [3.63, 3.8) is 0 Å². The normalized spacial score (nSPS) is 13.8. The Kier molecular flexibility index (Phi) is 5.76. The number of hydrogen-bond donors (Lipinski definition) is 2. The van der Waals surface area contributed by atoms with Gasteiger partial charge in [-0.05, 0) is 25.5 Å². The molecule has 1 heterocycles. The first-order valence-electron chi connectivity index (χ1n) is 7.72. The second kappa shape index (κ2) is 7.53. The summed E-state index contributed by atoms with van der Waals surface area (Å²) < 4.78 is 47.0. The lowest BCUT2D eigenvalue weighted by atomic mass is 10.1. The van der Waals surface area contributed by atoms with Gasteiger partial charge in [0.2, 0.25) is 0 Å². The lowest BCUT2D eigenvalue weighted by molar-refractivity contribution is -0.131. The highest BCUT2D eigenvalue weighted by Gasteiger charge is 2.43.